The Morgan fingerprint density at radius 2 is 1.50 bits per heavy atom. The Hall–Kier alpha value is -3.52. The number of nitrogens with two attached hydrogens (primary N) is 1. The van der Waals surface area contributed by atoms with E-state index in [1.807, 2.05) is 13.8 Å². The molecule has 2 unspecified atom stereocenters. The zero-order chi connectivity index (χ0) is 31.6. The molecule has 0 aliphatic rings. The first-order valence-electron chi connectivity index (χ1n) is 13.9. The van der Waals surface area contributed by atoms with E-state index in [4.69, 9.17) is 5.73 Å². The van der Waals surface area contributed by atoms with Crippen molar-refractivity contribution in [1.82, 2.24) is 20.1 Å². The van der Waals surface area contributed by atoms with E-state index < -0.39 is 39.2 Å². The van der Waals surface area contributed by atoms with Crippen molar-refractivity contribution in [3.8, 4) is 5.75 Å². The summed E-state index contributed by atoms with van der Waals surface area (Å²) in [7, 11) is -2.22. The molecule has 6 N–H and O–H groups in total. The van der Waals surface area contributed by atoms with Crippen molar-refractivity contribution < 1.29 is 33.0 Å². The maximum absolute atomic E-state index is 13.5. The minimum absolute atomic E-state index is 0.000585. The predicted octanol–water partition coefficient (Wildman–Crippen LogP) is 1.63. The van der Waals surface area contributed by atoms with Gasteiger partial charge in [-0.25, -0.2) is 13.4 Å². The molecule has 0 fully saturated rings. The number of sulfonamides is 1. The number of likely N-dealkylation sites (N-methyl/N-ethyl adjacent to an activating group) is 1. The van der Waals surface area contributed by atoms with Crippen LogP contribution in [-0.4, -0.2) is 90.3 Å². The maximum atomic E-state index is 13.5. The van der Waals surface area contributed by atoms with E-state index in [1.54, 1.807) is 17.0 Å². The predicted molar refractivity (Wildman–Crippen MR) is 160 cm³/mol. The lowest BCUT2D eigenvalue weighted by molar-refractivity contribution is 0.0687. The number of benzene rings is 2. The van der Waals surface area contributed by atoms with Crippen LogP contribution in [0.25, 0.3) is 0 Å². The Kier molecular flexibility index (Phi) is 12.9. The molecular formula is C29H43N5O7S. The fourth-order valence-corrected chi connectivity index (χ4v) is 4.97. The number of primary amides is 1. The number of carbonyl (C=O) groups excluding carboxylic acids is 3. The monoisotopic (exact) mass is 605 g/mol. The third-order valence-electron chi connectivity index (χ3n) is 6.54. The van der Waals surface area contributed by atoms with Crippen molar-refractivity contribution in [1.29, 1.82) is 0 Å². The Labute approximate surface area is 247 Å². The molecule has 0 heterocycles. The van der Waals surface area contributed by atoms with Crippen LogP contribution in [0.2, 0.25) is 0 Å². The second-order valence-electron chi connectivity index (χ2n) is 10.5. The minimum Gasteiger partial charge on any atom is -0.508 e. The third-order valence-corrected chi connectivity index (χ3v) is 8.35. The zero-order valence-electron chi connectivity index (χ0n) is 24.8. The lowest BCUT2D eigenvalue weighted by Crippen LogP contribution is -2.52. The second-order valence-corrected chi connectivity index (χ2v) is 12.8. The summed E-state index contributed by atoms with van der Waals surface area (Å²) in [4.78, 5) is 42.9. The molecule has 0 saturated carbocycles. The lowest BCUT2D eigenvalue weighted by Gasteiger charge is -2.29. The van der Waals surface area contributed by atoms with E-state index in [0.29, 0.717) is 18.7 Å². The van der Waals surface area contributed by atoms with E-state index in [9.17, 15) is 33.0 Å². The highest BCUT2D eigenvalue weighted by Crippen LogP contribution is 2.17. The fourth-order valence-electron chi connectivity index (χ4n) is 4.25. The molecule has 2 aromatic rings. The largest absolute Gasteiger partial charge is 0.508 e. The molecule has 0 aliphatic heterocycles. The van der Waals surface area contributed by atoms with Crippen LogP contribution >= 0.6 is 0 Å². The molecule has 3 amide bonds. The Morgan fingerprint density at radius 3 is 2.02 bits per heavy atom. The quantitative estimate of drug-likeness (QED) is 0.179. The summed E-state index contributed by atoms with van der Waals surface area (Å²) in [6.07, 6.45) is 0.327. The van der Waals surface area contributed by atoms with Crippen LogP contribution in [-0.2, 0) is 16.4 Å². The number of phenolic OH excluding ortho intramolecular Hbond substituents is 1. The molecule has 0 spiro atoms. The smallest absolute Gasteiger partial charge is 0.253 e. The van der Waals surface area contributed by atoms with Crippen LogP contribution in [0.1, 0.15) is 77.2 Å². The Morgan fingerprint density at radius 1 is 0.952 bits per heavy atom. The van der Waals surface area contributed by atoms with Crippen LogP contribution in [0, 0.1) is 0 Å². The highest BCUT2D eigenvalue weighted by molar-refractivity contribution is 7.90. The molecule has 0 bridgehead atoms. The summed E-state index contributed by atoms with van der Waals surface area (Å²) < 4.78 is 24.6. The average Bonchev–Trinajstić information content (AvgIpc) is 2.92. The number of aliphatic hydroxyl groups is 1. The maximum Gasteiger partial charge on any atom is 0.253 e. The Bertz CT molecular complexity index is 1330. The molecule has 0 radical (unpaired) electrons. The molecular weight excluding hydrogens is 562 g/mol. The topological polar surface area (TPSA) is 182 Å². The van der Waals surface area contributed by atoms with Crippen LogP contribution in [0.15, 0.2) is 42.5 Å². The number of phenols is 1. The molecule has 0 saturated heterocycles. The van der Waals surface area contributed by atoms with Crippen molar-refractivity contribution in [3.05, 3.63) is 64.7 Å². The van der Waals surface area contributed by atoms with Crippen molar-refractivity contribution in [2.75, 3.05) is 26.7 Å². The van der Waals surface area contributed by atoms with E-state index in [2.05, 4.69) is 10.1 Å². The highest BCUT2D eigenvalue weighted by atomic mass is 32.2. The second kappa shape index (κ2) is 15.6. The van der Waals surface area contributed by atoms with Gasteiger partial charge in [-0.2, -0.15) is 0 Å². The third kappa shape index (κ3) is 10.1. The van der Waals surface area contributed by atoms with Gasteiger partial charge in [0.25, 0.3) is 11.8 Å². The summed E-state index contributed by atoms with van der Waals surface area (Å²) in [6.45, 7) is 7.75. The van der Waals surface area contributed by atoms with E-state index >= 15 is 0 Å². The summed E-state index contributed by atoms with van der Waals surface area (Å²) in [6, 6.07) is 9.30. The average molecular weight is 606 g/mol. The van der Waals surface area contributed by atoms with Crippen molar-refractivity contribution in [2.45, 2.75) is 64.4 Å². The normalized spacial score (nSPS) is 13.1. The fraction of sp³-hybridized carbons (Fsp3) is 0.483. The van der Waals surface area contributed by atoms with E-state index in [-0.39, 0.29) is 41.3 Å². The Balaban J connectivity index is 2.40. The molecule has 2 rings (SSSR count). The van der Waals surface area contributed by atoms with Crippen LogP contribution in [0.3, 0.4) is 0 Å². The summed E-state index contributed by atoms with van der Waals surface area (Å²) in [5.41, 5.74) is 6.32. The molecule has 0 aliphatic carbocycles. The number of amides is 3. The van der Waals surface area contributed by atoms with E-state index in [1.165, 1.54) is 56.2 Å². The molecule has 232 valence electrons. The summed E-state index contributed by atoms with van der Waals surface area (Å²) in [5, 5.41) is 24.1. The van der Waals surface area contributed by atoms with Crippen molar-refractivity contribution in [2.24, 2.45) is 5.73 Å². The van der Waals surface area contributed by atoms with Gasteiger partial charge in [0.2, 0.25) is 15.9 Å². The lowest BCUT2D eigenvalue weighted by atomic mass is 9.99. The number of aliphatic hydroxyl groups excluding tert-OH is 1. The van der Waals surface area contributed by atoms with Gasteiger partial charge < -0.3 is 26.2 Å². The molecule has 0 aromatic heterocycles. The first-order valence-corrected chi connectivity index (χ1v) is 15.5. The van der Waals surface area contributed by atoms with Crippen molar-refractivity contribution >= 4 is 27.7 Å². The molecule has 12 nitrogen and oxygen atoms in total. The molecule has 42 heavy (non-hydrogen) atoms. The van der Waals surface area contributed by atoms with Crippen LogP contribution < -0.4 is 15.9 Å². The molecule has 13 heteroatoms. The minimum atomic E-state index is -3.67. The van der Waals surface area contributed by atoms with Gasteiger partial charge in [-0.15, -0.1) is 4.83 Å². The number of aromatic hydroxyl groups is 1. The SMILES string of the molecule is CCCN(CCC)C(=O)c1cc(C(N)=O)cc(C(=O)NC(Cc2ccc(O)cc2)C(O)CN(C)NS(=O)(=O)C(C)C)c1. The molecule has 2 atom stereocenters. The summed E-state index contributed by atoms with van der Waals surface area (Å²) >= 11 is 0. The van der Waals surface area contributed by atoms with Gasteiger partial charge in [0.1, 0.15) is 5.75 Å². The van der Waals surface area contributed by atoms with Gasteiger partial charge in [-0.1, -0.05) is 26.0 Å². The van der Waals surface area contributed by atoms with Gasteiger partial charge in [0, 0.05) is 43.4 Å². The first-order chi connectivity index (χ1) is 19.7. The van der Waals surface area contributed by atoms with Crippen molar-refractivity contribution in [3.63, 3.8) is 0 Å². The highest BCUT2D eigenvalue weighted by Gasteiger charge is 2.27. The number of hydrogen-bond donors (Lipinski definition) is 5. The van der Waals surface area contributed by atoms with Gasteiger partial charge in [0.15, 0.2) is 0 Å². The van der Waals surface area contributed by atoms with E-state index in [0.717, 1.165) is 12.8 Å². The van der Waals surface area contributed by atoms with Gasteiger partial charge in [-0.3, -0.25) is 14.4 Å². The summed E-state index contributed by atoms with van der Waals surface area (Å²) in [5.74, 6) is -1.77. The number of rotatable bonds is 16. The number of hydrazine groups is 1. The number of hydrogen-bond acceptors (Lipinski definition) is 8. The van der Waals surface area contributed by atoms with Gasteiger partial charge >= 0.3 is 0 Å². The van der Waals surface area contributed by atoms with Crippen LogP contribution in [0.4, 0.5) is 0 Å². The number of nitrogens with zero attached hydrogens (tertiary/aromatic N) is 2. The van der Waals surface area contributed by atoms with Gasteiger partial charge in [0.05, 0.1) is 17.4 Å². The zero-order valence-corrected chi connectivity index (χ0v) is 25.6. The number of carbonyl (C=O) groups is 3. The molecule has 2 aromatic carbocycles. The standard InChI is InChI=1S/C29H43N5O7S/c1-6-12-34(13-7-2)29(39)23-16-21(27(30)37)15-22(17-23)28(38)31-25(14-20-8-10-24(35)11-9-20)26(36)18-33(5)32-42(40,41)19(3)4/h8-11,15-17,19,25-26,32,35-36H,6-7,12-14,18H2,1-5H3,(H2,30,37)(H,31,38). The first kappa shape index (κ1) is 34.7. The number of nitrogens with one attached hydrogen (secondary N) is 2. The van der Waals surface area contributed by atoms with Gasteiger partial charge in [-0.05, 0) is 69.0 Å². The van der Waals surface area contributed by atoms with Crippen LogP contribution in [0.5, 0.6) is 5.75 Å².